The van der Waals surface area contributed by atoms with Crippen LogP contribution in [0.2, 0.25) is 0 Å². The summed E-state index contributed by atoms with van der Waals surface area (Å²) in [5.74, 6) is 0.639. The lowest BCUT2D eigenvalue weighted by Crippen LogP contribution is -2.09. The first-order chi connectivity index (χ1) is 26.7. The van der Waals surface area contributed by atoms with Gasteiger partial charge in [-0.3, -0.25) is 0 Å². The zero-order valence-electron chi connectivity index (χ0n) is 29.4. The molecule has 1 heterocycles. The second-order valence-corrected chi connectivity index (χ2v) is 13.6. The van der Waals surface area contributed by atoms with Crippen LogP contribution in [0.15, 0.2) is 211 Å². The van der Waals surface area contributed by atoms with Crippen molar-refractivity contribution in [1.82, 2.24) is 4.98 Å². The Kier molecular flexibility index (Phi) is 7.81. The van der Waals surface area contributed by atoms with Crippen LogP contribution in [0.1, 0.15) is 0 Å². The minimum atomic E-state index is 0.639. The van der Waals surface area contributed by atoms with Gasteiger partial charge in [0.2, 0.25) is 5.89 Å². The van der Waals surface area contributed by atoms with Crippen LogP contribution in [-0.2, 0) is 0 Å². The molecular weight excluding hydrogens is 657 g/mol. The van der Waals surface area contributed by atoms with Crippen molar-refractivity contribution in [3.63, 3.8) is 0 Å². The fourth-order valence-electron chi connectivity index (χ4n) is 7.54. The molecule has 0 amide bonds. The summed E-state index contributed by atoms with van der Waals surface area (Å²) >= 11 is 0. The third-order valence-electron chi connectivity index (χ3n) is 10.3. The van der Waals surface area contributed by atoms with Gasteiger partial charge >= 0.3 is 0 Å². The van der Waals surface area contributed by atoms with Gasteiger partial charge < -0.3 is 9.32 Å². The first-order valence-corrected chi connectivity index (χ1v) is 18.3. The van der Waals surface area contributed by atoms with Crippen molar-refractivity contribution < 1.29 is 4.42 Å². The van der Waals surface area contributed by atoms with E-state index in [0.29, 0.717) is 5.89 Å². The Morgan fingerprint density at radius 2 is 0.907 bits per heavy atom. The van der Waals surface area contributed by atoms with Crippen molar-refractivity contribution >= 4 is 49.7 Å². The van der Waals surface area contributed by atoms with Gasteiger partial charge in [-0.2, -0.15) is 0 Å². The van der Waals surface area contributed by atoms with E-state index in [-0.39, 0.29) is 0 Å². The summed E-state index contributed by atoms with van der Waals surface area (Å²) in [4.78, 5) is 7.10. The van der Waals surface area contributed by atoms with Crippen molar-refractivity contribution in [1.29, 1.82) is 0 Å². The normalized spacial score (nSPS) is 11.3. The molecule has 3 nitrogen and oxygen atoms in total. The van der Waals surface area contributed by atoms with E-state index in [1.165, 1.54) is 38.6 Å². The number of aromatic nitrogens is 1. The number of para-hydroxylation sites is 1. The number of nitrogens with zero attached hydrogens (tertiary/aromatic N) is 2. The van der Waals surface area contributed by atoms with Crippen LogP contribution in [0, 0.1) is 0 Å². The molecule has 54 heavy (non-hydrogen) atoms. The molecule has 3 heteroatoms. The molecule has 10 aromatic rings. The number of benzene rings is 9. The van der Waals surface area contributed by atoms with E-state index in [2.05, 4.69) is 181 Å². The van der Waals surface area contributed by atoms with Crippen LogP contribution >= 0.6 is 0 Å². The maximum absolute atomic E-state index is 6.34. The third-order valence-corrected chi connectivity index (χ3v) is 10.3. The molecule has 0 saturated heterocycles. The first kappa shape index (κ1) is 31.5. The lowest BCUT2D eigenvalue weighted by Gasteiger charge is -2.26. The van der Waals surface area contributed by atoms with E-state index < -0.39 is 0 Å². The van der Waals surface area contributed by atoms with Crippen LogP contribution in [0.3, 0.4) is 0 Å². The van der Waals surface area contributed by atoms with Crippen LogP contribution in [0.25, 0.3) is 77.5 Å². The molecule has 10 rings (SSSR count). The highest BCUT2D eigenvalue weighted by molar-refractivity contribution is 6.09. The standard InChI is InChI=1S/C51H34N2O/c1-3-11-40(12-4-1)51-52-49-33-32-47-46(16-9-17-48(47)50(49)54-51)39-21-18-36(19-22-39)37-24-28-44(29-25-37)53(43-14-5-2-6-15-43)45-30-26-38(27-31-45)42-23-20-35-10-7-8-13-41(35)34-42/h1-34H. The SMILES string of the molecule is c1ccc(-c2nc3ccc4c(-c5ccc(-c6ccc(N(c7ccccc7)c7ccc(-c8ccc9ccccc9c8)cc7)cc6)cc5)cccc4c3o2)cc1. The molecule has 0 aliphatic carbocycles. The average Bonchev–Trinajstić information content (AvgIpc) is 3.70. The smallest absolute Gasteiger partial charge is 0.227 e. The fourth-order valence-corrected chi connectivity index (χ4v) is 7.54. The average molecular weight is 691 g/mol. The molecule has 0 N–H and O–H groups in total. The molecular formula is C51H34N2O. The molecule has 0 bridgehead atoms. The summed E-state index contributed by atoms with van der Waals surface area (Å²) < 4.78 is 6.34. The van der Waals surface area contributed by atoms with E-state index in [1.807, 2.05) is 30.3 Å². The maximum Gasteiger partial charge on any atom is 0.227 e. The van der Waals surface area contributed by atoms with Gasteiger partial charge in [0.05, 0.1) is 0 Å². The Morgan fingerprint density at radius 3 is 1.61 bits per heavy atom. The molecule has 254 valence electrons. The lowest BCUT2D eigenvalue weighted by atomic mass is 9.96. The molecule has 0 aliphatic heterocycles. The van der Waals surface area contributed by atoms with Gasteiger partial charge in [-0.15, -0.1) is 0 Å². The van der Waals surface area contributed by atoms with Crippen molar-refractivity contribution in [2.75, 3.05) is 4.90 Å². The predicted molar refractivity (Wildman–Crippen MR) is 225 cm³/mol. The van der Waals surface area contributed by atoms with Crippen molar-refractivity contribution in [2.45, 2.75) is 0 Å². The molecule has 0 radical (unpaired) electrons. The van der Waals surface area contributed by atoms with E-state index >= 15 is 0 Å². The van der Waals surface area contributed by atoms with Gasteiger partial charge in [0, 0.05) is 28.0 Å². The number of anilines is 3. The van der Waals surface area contributed by atoms with Gasteiger partial charge in [-0.1, -0.05) is 146 Å². The van der Waals surface area contributed by atoms with Crippen LogP contribution in [0.4, 0.5) is 17.1 Å². The number of fused-ring (bicyclic) bond motifs is 4. The summed E-state index contributed by atoms with van der Waals surface area (Å²) in [5, 5.41) is 4.71. The van der Waals surface area contributed by atoms with E-state index in [9.17, 15) is 0 Å². The zero-order valence-corrected chi connectivity index (χ0v) is 29.4. The van der Waals surface area contributed by atoms with E-state index in [1.54, 1.807) is 0 Å². The van der Waals surface area contributed by atoms with Gasteiger partial charge in [0.15, 0.2) is 5.58 Å². The molecule has 0 saturated carbocycles. The van der Waals surface area contributed by atoms with Gasteiger partial charge in [-0.05, 0) is 110 Å². The second kappa shape index (κ2) is 13.4. The van der Waals surface area contributed by atoms with Gasteiger partial charge in [0.1, 0.15) is 5.52 Å². The summed E-state index contributed by atoms with van der Waals surface area (Å²) in [6.07, 6.45) is 0. The van der Waals surface area contributed by atoms with Crippen LogP contribution < -0.4 is 4.90 Å². The summed E-state index contributed by atoms with van der Waals surface area (Å²) in [6.45, 7) is 0. The van der Waals surface area contributed by atoms with Crippen molar-refractivity contribution in [3.8, 4) is 44.8 Å². The summed E-state index contributed by atoms with van der Waals surface area (Å²) in [6, 6.07) is 73.0. The molecule has 1 aromatic heterocycles. The van der Waals surface area contributed by atoms with E-state index in [0.717, 1.165) is 50.1 Å². The summed E-state index contributed by atoms with van der Waals surface area (Å²) in [7, 11) is 0. The van der Waals surface area contributed by atoms with Crippen molar-refractivity contribution in [3.05, 3.63) is 206 Å². The molecule has 0 spiro atoms. The Balaban J connectivity index is 0.936. The molecule has 0 unspecified atom stereocenters. The number of hydrogen-bond acceptors (Lipinski definition) is 3. The van der Waals surface area contributed by atoms with Gasteiger partial charge in [-0.25, -0.2) is 4.98 Å². The number of rotatable bonds is 7. The first-order valence-electron chi connectivity index (χ1n) is 18.3. The molecule has 0 aliphatic rings. The highest BCUT2D eigenvalue weighted by Crippen LogP contribution is 2.39. The second-order valence-electron chi connectivity index (χ2n) is 13.6. The van der Waals surface area contributed by atoms with Crippen LogP contribution in [-0.4, -0.2) is 4.98 Å². The highest BCUT2D eigenvalue weighted by atomic mass is 16.3. The molecule has 0 fully saturated rings. The minimum Gasteiger partial charge on any atom is -0.435 e. The predicted octanol–water partition coefficient (Wildman–Crippen LogP) is 14.3. The Hall–Kier alpha value is -7.23. The van der Waals surface area contributed by atoms with E-state index in [4.69, 9.17) is 9.40 Å². The highest BCUT2D eigenvalue weighted by Gasteiger charge is 2.15. The minimum absolute atomic E-state index is 0.639. The van der Waals surface area contributed by atoms with Gasteiger partial charge in [0.25, 0.3) is 0 Å². The fraction of sp³-hybridized carbons (Fsp3) is 0. The van der Waals surface area contributed by atoms with Crippen LogP contribution in [0.5, 0.6) is 0 Å². The molecule has 9 aromatic carbocycles. The quantitative estimate of drug-likeness (QED) is 0.167. The lowest BCUT2D eigenvalue weighted by molar-refractivity contribution is 0.623. The monoisotopic (exact) mass is 690 g/mol. The number of hydrogen-bond donors (Lipinski definition) is 0. The van der Waals surface area contributed by atoms with Crippen molar-refractivity contribution in [2.24, 2.45) is 0 Å². The Morgan fingerprint density at radius 1 is 0.352 bits per heavy atom. The third kappa shape index (κ3) is 5.78. The topological polar surface area (TPSA) is 29.3 Å². The number of oxazole rings is 1. The Labute approximate surface area is 314 Å². The molecule has 0 atom stereocenters. The largest absolute Gasteiger partial charge is 0.435 e. The zero-order chi connectivity index (χ0) is 35.8. The maximum atomic E-state index is 6.34. The Bertz CT molecular complexity index is 2900. The summed E-state index contributed by atoms with van der Waals surface area (Å²) in [5.41, 5.74) is 13.0.